The summed E-state index contributed by atoms with van der Waals surface area (Å²) in [6, 6.07) is 10.9. The van der Waals surface area contributed by atoms with Crippen molar-refractivity contribution >= 4 is 46.8 Å². The molecule has 13 nitrogen and oxygen atoms in total. The number of rotatable bonds is 18. The number of anilines is 2. The molecule has 1 aliphatic carbocycles. The third kappa shape index (κ3) is 12.4. The van der Waals surface area contributed by atoms with Gasteiger partial charge in [0.2, 0.25) is 0 Å². The first-order valence-corrected chi connectivity index (χ1v) is 16.0. The van der Waals surface area contributed by atoms with Gasteiger partial charge in [-0.3, -0.25) is 23.9 Å². The van der Waals surface area contributed by atoms with Crippen molar-refractivity contribution in [3.63, 3.8) is 0 Å². The lowest BCUT2D eigenvalue weighted by Gasteiger charge is -2.20. The van der Waals surface area contributed by atoms with Crippen molar-refractivity contribution in [1.29, 1.82) is 0 Å². The number of ether oxygens (including phenoxy) is 3. The summed E-state index contributed by atoms with van der Waals surface area (Å²) in [6.07, 6.45) is 0.488. The zero-order chi connectivity index (χ0) is 36.8. The number of carbonyl (C=O) groups excluding carboxylic acids is 3. The molecule has 3 aromatic rings. The van der Waals surface area contributed by atoms with Crippen LogP contribution in [0.25, 0.3) is 0 Å². The van der Waals surface area contributed by atoms with Gasteiger partial charge in [0.15, 0.2) is 5.82 Å². The monoisotopic (exact) mass is 733 g/mol. The number of alkyl halides is 3. The highest BCUT2D eigenvalue weighted by atomic mass is 35.5. The fourth-order valence-electron chi connectivity index (χ4n) is 4.68. The number of benzene rings is 2. The average Bonchev–Trinajstić information content (AvgIpc) is 3.57. The third-order valence-electron chi connectivity index (χ3n) is 7.21. The van der Waals surface area contributed by atoms with Crippen LogP contribution in [-0.2, 0) is 19.0 Å². The molecule has 1 heterocycles. The number of carboxylic acids is 1. The average molecular weight is 734 g/mol. The molecular weight excluding hydrogens is 699 g/mol. The lowest BCUT2D eigenvalue weighted by molar-refractivity contribution is -0.138. The molecule has 0 saturated carbocycles. The van der Waals surface area contributed by atoms with Gasteiger partial charge in [-0.2, -0.15) is 18.3 Å². The van der Waals surface area contributed by atoms with E-state index in [1.807, 2.05) is 0 Å². The van der Waals surface area contributed by atoms with Gasteiger partial charge in [-0.25, -0.2) is 0 Å². The second-order valence-electron chi connectivity index (χ2n) is 10.9. The van der Waals surface area contributed by atoms with E-state index in [0.717, 1.165) is 6.08 Å². The Bertz CT molecular complexity index is 1760. The summed E-state index contributed by atoms with van der Waals surface area (Å²) in [6.45, 7) is 1.64. The summed E-state index contributed by atoms with van der Waals surface area (Å²) in [7, 11) is 0. The summed E-state index contributed by atoms with van der Waals surface area (Å²) in [4.78, 5) is 49.5. The minimum atomic E-state index is -4.47. The maximum absolute atomic E-state index is 13.2. The second-order valence-corrected chi connectivity index (χ2v) is 11.4. The predicted octanol–water partition coefficient (Wildman–Crippen LogP) is 5.29. The lowest BCUT2D eigenvalue weighted by Crippen LogP contribution is -2.28. The first kappa shape index (κ1) is 38.8. The molecule has 0 radical (unpaired) electrons. The van der Waals surface area contributed by atoms with Crippen LogP contribution in [0, 0.1) is 0 Å². The van der Waals surface area contributed by atoms with Crippen molar-refractivity contribution in [2.24, 2.45) is 0 Å². The van der Waals surface area contributed by atoms with Crippen LogP contribution in [0.4, 0.5) is 24.7 Å². The van der Waals surface area contributed by atoms with Crippen LogP contribution in [0.3, 0.4) is 0 Å². The molecule has 2 aromatic carbocycles. The molecule has 1 aromatic heterocycles. The minimum absolute atomic E-state index is 0.00590. The molecule has 0 aliphatic heterocycles. The zero-order valence-electron chi connectivity index (χ0n) is 27.1. The van der Waals surface area contributed by atoms with Crippen LogP contribution in [0.1, 0.15) is 50.0 Å². The molecule has 4 rings (SSSR count). The number of nitrogens with one attached hydrogen (secondary N) is 3. The van der Waals surface area contributed by atoms with E-state index in [9.17, 15) is 32.3 Å². The topological polar surface area (TPSA) is 170 Å². The molecule has 0 fully saturated rings. The van der Waals surface area contributed by atoms with Gasteiger partial charge in [-0.15, -0.1) is 0 Å². The number of amides is 3. The highest BCUT2D eigenvalue weighted by Gasteiger charge is 2.35. The van der Waals surface area contributed by atoms with E-state index in [-0.39, 0.29) is 79.0 Å². The number of aromatic nitrogens is 2. The predicted molar refractivity (Wildman–Crippen MR) is 180 cm³/mol. The van der Waals surface area contributed by atoms with Crippen molar-refractivity contribution in [2.45, 2.75) is 25.1 Å². The maximum Gasteiger partial charge on any atom is 0.412 e. The number of allylic oxidation sites excluding steroid dienone is 4. The Kier molecular flexibility index (Phi) is 14.3. The standard InChI is InChI=1S/C34H35ClF3N5O8/c35-25-7-8-28(27(21-25)33(48)41-29-9-12-43(42-29)26-6-2-5-24(20-26)34(36,37)38)40-32(47)23-4-1-3-22(19-23)31(46)39-11-14-50-16-18-51-17-15-49-13-10-30(44)45/h1-9,12,19,21,26H,10-11,13-18,20H2,(H,39,46)(H,40,47)(H,44,45)(H,41,42,48). The molecule has 1 atom stereocenters. The van der Waals surface area contributed by atoms with Crippen molar-refractivity contribution in [1.82, 2.24) is 15.1 Å². The molecule has 51 heavy (non-hydrogen) atoms. The molecular formula is C34H35ClF3N5O8. The van der Waals surface area contributed by atoms with Crippen LogP contribution >= 0.6 is 11.6 Å². The van der Waals surface area contributed by atoms with E-state index in [2.05, 4.69) is 21.0 Å². The zero-order valence-corrected chi connectivity index (χ0v) is 27.8. The van der Waals surface area contributed by atoms with Crippen molar-refractivity contribution in [3.05, 3.63) is 100 Å². The number of carbonyl (C=O) groups is 4. The minimum Gasteiger partial charge on any atom is -0.481 e. The molecule has 17 heteroatoms. The van der Waals surface area contributed by atoms with E-state index < -0.39 is 41.5 Å². The number of nitrogens with zero attached hydrogens (tertiary/aromatic N) is 2. The SMILES string of the molecule is O=C(O)CCOCCOCCOCCNC(=O)c1cccc(C(=O)Nc2ccc(Cl)cc2C(=O)Nc2ccn(C3C=CC=C(C(F)(F)F)C3)n2)c1. The molecule has 272 valence electrons. The van der Waals surface area contributed by atoms with E-state index in [0.29, 0.717) is 13.2 Å². The number of aliphatic carboxylic acids is 1. The molecule has 1 unspecified atom stereocenters. The van der Waals surface area contributed by atoms with Crippen LogP contribution in [0.15, 0.2) is 78.5 Å². The van der Waals surface area contributed by atoms with Crippen LogP contribution in [0.2, 0.25) is 5.02 Å². The molecule has 1 aliphatic rings. The van der Waals surface area contributed by atoms with E-state index in [1.165, 1.54) is 65.5 Å². The summed E-state index contributed by atoms with van der Waals surface area (Å²) in [5.74, 6) is -2.60. The largest absolute Gasteiger partial charge is 0.481 e. The Morgan fingerprint density at radius 2 is 1.57 bits per heavy atom. The lowest BCUT2D eigenvalue weighted by atomic mass is 10.0. The summed E-state index contributed by atoms with van der Waals surface area (Å²) < 4.78 is 56.7. The quantitative estimate of drug-likeness (QED) is 0.127. The normalized spacial score (nSPS) is 14.1. The van der Waals surface area contributed by atoms with Gasteiger partial charge in [0.1, 0.15) is 0 Å². The second kappa shape index (κ2) is 18.8. The van der Waals surface area contributed by atoms with E-state index in [4.69, 9.17) is 30.9 Å². The summed E-state index contributed by atoms with van der Waals surface area (Å²) >= 11 is 6.15. The highest BCUT2D eigenvalue weighted by molar-refractivity contribution is 6.31. The number of halogens is 4. The summed E-state index contributed by atoms with van der Waals surface area (Å²) in [5.41, 5.74) is -0.242. The van der Waals surface area contributed by atoms with Gasteiger partial charge in [0.25, 0.3) is 17.7 Å². The number of hydrogen-bond acceptors (Lipinski definition) is 8. The Hall–Kier alpha value is -5.03. The Labute approximate surface area is 295 Å². The van der Waals surface area contributed by atoms with Crippen LogP contribution in [-0.4, -0.2) is 90.9 Å². The molecule has 0 saturated heterocycles. The highest BCUT2D eigenvalue weighted by Crippen LogP contribution is 2.35. The van der Waals surface area contributed by atoms with Gasteiger partial charge in [-0.05, 0) is 36.4 Å². The fraction of sp³-hybridized carbons (Fsp3) is 0.324. The summed E-state index contributed by atoms with van der Waals surface area (Å²) in [5, 5.41) is 20.9. The van der Waals surface area contributed by atoms with Gasteiger partial charge in [0.05, 0.1) is 63.4 Å². The van der Waals surface area contributed by atoms with E-state index in [1.54, 1.807) is 6.08 Å². The van der Waals surface area contributed by atoms with Gasteiger partial charge < -0.3 is 35.3 Å². The number of carboxylic acid groups (broad SMARTS) is 1. The van der Waals surface area contributed by atoms with Crippen LogP contribution < -0.4 is 16.0 Å². The Morgan fingerprint density at radius 3 is 2.27 bits per heavy atom. The first-order chi connectivity index (χ1) is 24.4. The van der Waals surface area contributed by atoms with Crippen molar-refractivity contribution in [3.8, 4) is 0 Å². The Morgan fingerprint density at radius 1 is 0.882 bits per heavy atom. The van der Waals surface area contributed by atoms with Crippen LogP contribution in [0.5, 0.6) is 0 Å². The van der Waals surface area contributed by atoms with Gasteiger partial charge in [-0.1, -0.05) is 35.9 Å². The smallest absolute Gasteiger partial charge is 0.412 e. The molecule has 4 N–H and O–H groups in total. The van der Waals surface area contributed by atoms with Crippen molar-refractivity contribution in [2.75, 3.05) is 56.8 Å². The Balaban J connectivity index is 1.26. The molecule has 3 amide bonds. The first-order valence-electron chi connectivity index (χ1n) is 15.7. The maximum atomic E-state index is 13.2. The van der Waals surface area contributed by atoms with Gasteiger partial charge in [0, 0.05) is 47.0 Å². The van der Waals surface area contributed by atoms with Crippen molar-refractivity contribution < 1.29 is 51.7 Å². The van der Waals surface area contributed by atoms with E-state index >= 15 is 0 Å². The fourth-order valence-corrected chi connectivity index (χ4v) is 4.85. The molecule has 0 spiro atoms. The third-order valence-corrected chi connectivity index (χ3v) is 7.45. The number of hydrogen-bond donors (Lipinski definition) is 4. The molecule has 0 bridgehead atoms. The van der Waals surface area contributed by atoms with Gasteiger partial charge >= 0.3 is 12.1 Å².